The van der Waals surface area contributed by atoms with Crippen molar-refractivity contribution < 1.29 is 9.90 Å². The summed E-state index contributed by atoms with van der Waals surface area (Å²) in [6, 6.07) is 0. The molecule has 0 spiro atoms. The van der Waals surface area contributed by atoms with Gasteiger partial charge in [0.15, 0.2) is 0 Å². The molecule has 0 radical (unpaired) electrons. The Balaban J connectivity index is 2.29. The number of rotatable bonds is 4. The van der Waals surface area contributed by atoms with E-state index in [4.69, 9.17) is 0 Å². The Morgan fingerprint density at radius 2 is 2.00 bits per heavy atom. The van der Waals surface area contributed by atoms with E-state index in [9.17, 15) is 9.90 Å². The van der Waals surface area contributed by atoms with Crippen molar-refractivity contribution in [1.29, 1.82) is 0 Å². The van der Waals surface area contributed by atoms with Crippen LogP contribution in [0.25, 0.3) is 0 Å². The fourth-order valence-electron chi connectivity index (χ4n) is 1.61. The average molecular weight is 214 g/mol. The summed E-state index contributed by atoms with van der Waals surface area (Å²) in [6.45, 7) is 6.42. The zero-order valence-electron chi connectivity index (χ0n) is 9.89. The highest BCUT2D eigenvalue weighted by Crippen LogP contribution is 2.30. The lowest BCUT2D eigenvalue weighted by Crippen LogP contribution is -2.58. The third kappa shape index (κ3) is 3.80. The largest absolute Gasteiger partial charge is 0.394 e. The normalized spacial score (nSPS) is 19.5. The molecule has 15 heavy (non-hydrogen) atoms. The Morgan fingerprint density at radius 3 is 2.33 bits per heavy atom. The van der Waals surface area contributed by atoms with Crippen molar-refractivity contribution in [1.82, 2.24) is 10.6 Å². The number of hydrogen-bond donors (Lipinski definition) is 3. The Labute approximate surface area is 91.4 Å². The minimum atomic E-state index is -0.323. The van der Waals surface area contributed by atoms with E-state index < -0.39 is 0 Å². The van der Waals surface area contributed by atoms with E-state index in [1.807, 2.05) is 20.8 Å². The molecule has 1 fully saturated rings. The van der Waals surface area contributed by atoms with Crippen molar-refractivity contribution in [3.8, 4) is 0 Å². The van der Waals surface area contributed by atoms with Gasteiger partial charge in [-0.2, -0.15) is 0 Å². The van der Waals surface area contributed by atoms with Crippen LogP contribution in [-0.2, 0) is 4.79 Å². The minimum Gasteiger partial charge on any atom is -0.394 e. The van der Waals surface area contributed by atoms with Crippen molar-refractivity contribution in [3.05, 3.63) is 0 Å². The van der Waals surface area contributed by atoms with E-state index in [0.29, 0.717) is 6.54 Å². The molecule has 1 amide bonds. The first-order valence-electron chi connectivity index (χ1n) is 5.54. The summed E-state index contributed by atoms with van der Waals surface area (Å²) < 4.78 is 0. The van der Waals surface area contributed by atoms with Crippen LogP contribution in [0.15, 0.2) is 0 Å². The molecule has 88 valence electrons. The fourth-order valence-corrected chi connectivity index (χ4v) is 1.61. The SMILES string of the molecule is CC(C)(C)NCC(=O)NC1(CO)CCC1. The topological polar surface area (TPSA) is 61.4 Å². The number of carbonyl (C=O) groups excluding carboxylic acids is 1. The van der Waals surface area contributed by atoms with E-state index in [1.165, 1.54) is 0 Å². The summed E-state index contributed by atoms with van der Waals surface area (Å²) in [5.74, 6) is -0.0290. The number of hydrogen-bond acceptors (Lipinski definition) is 3. The molecule has 0 heterocycles. The quantitative estimate of drug-likeness (QED) is 0.635. The molecule has 0 unspecified atom stereocenters. The van der Waals surface area contributed by atoms with Crippen LogP contribution in [0.1, 0.15) is 40.0 Å². The number of aliphatic hydroxyl groups excluding tert-OH is 1. The Hall–Kier alpha value is -0.610. The van der Waals surface area contributed by atoms with Gasteiger partial charge in [-0.15, -0.1) is 0 Å². The molecule has 4 heteroatoms. The molecule has 3 N–H and O–H groups in total. The summed E-state index contributed by atoms with van der Waals surface area (Å²) >= 11 is 0. The second kappa shape index (κ2) is 4.49. The van der Waals surface area contributed by atoms with Gasteiger partial charge >= 0.3 is 0 Å². The van der Waals surface area contributed by atoms with Crippen LogP contribution >= 0.6 is 0 Å². The molecular weight excluding hydrogens is 192 g/mol. The Bertz CT molecular complexity index is 224. The third-order valence-electron chi connectivity index (χ3n) is 2.80. The zero-order chi connectivity index (χ0) is 11.5. The van der Waals surface area contributed by atoms with Gasteiger partial charge in [0.2, 0.25) is 5.91 Å². The van der Waals surface area contributed by atoms with Gasteiger partial charge in [-0.3, -0.25) is 4.79 Å². The van der Waals surface area contributed by atoms with E-state index in [-0.39, 0.29) is 23.6 Å². The smallest absolute Gasteiger partial charge is 0.234 e. The summed E-state index contributed by atoms with van der Waals surface area (Å²) in [5, 5.41) is 15.2. The molecular formula is C11H22N2O2. The molecule has 0 aliphatic heterocycles. The predicted octanol–water partition coefficient (Wildman–Crippen LogP) is 0.406. The first kappa shape index (κ1) is 12.5. The van der Waals surface area contributed by atoms with Crippen LogP contribution in [-0.4, -0.2) is 35.2 Å². The van der Waals surface area contributed by atoms with Gasteiger partial charge in [-0.25, -0.2) is 0 Å². The van der Waals surface area contributed by atoms with Gasteiger partial charge in [-0.05, 0) is 40.0 Å². The van der Waals surface area contributed by atoms with Gasteiger partial charge in [0.1, 0.15) is 0 Å². The first-order valence-corrected chi connectivity index (χ1v) is 5.54. The lowest BCUT2D eigenvalue weighted by molar-refractivity contribution is -0.124. The van der Waals surface area contributed by atoms with Crippen LogP contribution < -0.4 is 10.6 Å². The standard InChI is InChI=1S/C11H22N2O2/c1-10(2,3)12-7-9(15)13-11(8-14)5-4-6-11/h12,14H,4-8H2,1-3H3,(H,13,15). The van der Waals surface area contributed by atoms with Crippen molar-refractivity contribution in [2.75, 3.05) is 13.2 Å². The van der Waals surface area contributed by atoms with Gasteiger partial charge < -0.3 is 15.7 Å². The van der Waals surface area contributed by atoms with E-state index in [2.05, 4.69) is 10.6 Å². The fraction of sp³-hybridized carbons (Fsp3) is 0.909. The maximum absolute atomic E-state index is 11.6. The maximum Gasteiger partial charge on any atom is 0.234 e. The molecule has 0 saturated heterocycles. The highest BCUT2D eigenvalue weighted by Gasteiger charge is 2.37. The average Bonchev–Trinajstić information content (AvgIpc) is 2.07. The number of amides is 1. The van der Waals surface area contributed by atoms with E-state index in [1.54, 1.807) is 0 Å². The Kier molecular flexibility index (Phi) is 3.73. The van der Waals surface area contributed by atoms with Crippen molar-refractivity contribution in [2.45, 2.75) is 51.1 Å². The molecule has 0 atom stereocenters. The number of carbonyl (C=O) groups is 1. The molecule has 1 aliphatic rings. The van der Waals surface area contributed by atoms with Gasteiger partial charge in [0.25, 0.3) is 0 Å². The van der Waals surface area contributed by atoms with E-state index >= 15 is 0 Å². The predicted molar refractivity (Wildman–Crippen MR) is 59.6 cm³/mol. The Morgan fingerprint density at radius 1 is 1.40 bits per heavy atom. The highest BCUT2D eigenvalue weighted by atomic mass is 16.3. The van der Waals surface area contributed by atoms with Crippen LogP contribution in [0.5, 0.6) is 0 Å². The van der Waals surface area contributed by atoms with Crippen molar-refractivity contribution in [2.24, 2.45) is 0 Å². The summed E-state index contributed by atoms with van der Waals surface area (Å²) in [6.07, 6.45) is 2.88. The van der Waals surface area contributed by atoms with Crippen molar-refractivity contribution >= 4 is 5.91 Å². The second-order valence-electron chi connectivity index (χ2n) is 5.44. The lowest BCUT2D eigenvalue weighted by atomic mass is 9.77. The highest BCUT2D eigenvalue weighted by molar-refractivity contribution is 5.79. The van der Waals surface area contributed by atoms with Crippen LogP contribution in [0.4, 0.5) is 0 Å². The second-order valence-corrected chi connectivity index (χ2v) is 5.44. The van der Waals surface area contributed by atoms with Crippen LogP contribution in [0.3, 0.4) is 0 Å². The maximum atomic E-state index is 11.6. The van der Waals surface area contributed by atoms with Gasteiger partial charge in [0, 0.05) is 5.54 Å². The third-order valence-corrected chi connectivity index (χ3v) is 2.80. The van der Waals surface area contributed by atoms with Crippen molar-refractivity contribution in [3.63, 3.8) is 0 Å². The van der Waals surface area contributed by atoms with Crippen LogP contribution in [0.2, 0.25) is 0 Å². The molecule has 4 nitrogen and oxygen atoms in total. The van der Waals surface area contributed by atoms with E-state index in [0.717, 1.165) is 19.3 Å². The number of nitrogens with one attached hydrogen (secondary N) is 2. The molecule has 0 aromatic carbocycles. The summed E-state index contributed by atoms with van der Waals surface area (Å²) in [5.41, 5.74) is -0.375. The molecule has 0 aromatic rings. The minimum absolute atomic E-state index is 0.0290. The summed E-state index contributed by atoms with van der Waals surface area (Å²) in [7, 11) is 0. The lowest BCUT2D eigenvalue weighted by Gasteiger charge is -2.41. The van der Waals surface area contributed by atoms with Gasteiger partial charge in [-0.1, -0.05) is 0 Å². The molecule has 1 rings (SSSR count). The molecule has 0 bridgehead atoms. The molecule has 1 aliphatic carbocycles. The first-order chi connectivity index (χ1) is 6.87. The zero-order valence-corrected chi connectivity index (χ0v) is 9.89. The number of aliphatic hydroxyl groups is 1. The molecule has 1 saturated carbocycles. The monoisotopic (exact) mass is 214 g/mol. The van der Waals surface area contributed by atoms with Gasteiger partial charge in [0.05, 0.1) is 18.7 Å². The summed E-state index contributed by atoms with van der Waals surface area (Å²) in [4.78, 5) is 11.6. The molecule has 0 aromatic heterocycles. The van der Waals surface area contributed by atoms with Crippen LogP contribution in [0, 0.1) is 0 Å².